The summed E-state index contributed by atoms with van der Waals surface area (Å²) < 4.78 is 24.0. The average molecular weight is 385 g/mol. The van der Waals surface area contributed by atoms with Crippen molar-refractivity contribution >= 4 is 21.7 Å². The Kier molecular flexibility index (Phi) is 4.82. The predicted octanol–water partition coefficient (Wildman–Crippen LogP) is 2.54. The van der Waals surface area contributed by atoms with Gasteiger partial charge >= 0.3 is 0 Å². The highest BCUT2D eigenvalue weighted by atomic mass is 32.2. The van der Waals surface area contributed by atoms with E-state index in [0.717, 1.165) is 16.7 Å². The van der Waals surface area contributed by atoms with Gasteiger partial charge in [0.25, 0.3) is 0 Å². The van der Waals surface area contributed by atoms with Crippen molar-refractivity contribution in [2.24, 2.45) is 10.7 Å². The minimum atomic E-state index is -3.22. The Morgan fingerprint density at radius 1 is 1.15 bits per heavy atom. The molecule has 1 heterocycles. The van der Waals surface area contributed by atoms with Crippen molar-refractivity contribution in [3.05, 3.63) is 54.1 Å². The highest BCUT2D eigenvalue weighted by Crippen LogP contribution is 2.35. The molecule has 0 bridgehead atoms. The number of carbonyl (C=O) groups excluding carboxylic acids is 1. The number of benzene rings is 2. The zero-order chi connectivity index (χ0) is 19.8. The average Bonchev–Trinajstić information content (AvgIpc) is 2.66. The molecule has 1 unspecified atom stereocenters. The Labute approximate surface area is 159 Å². The lowest BCUT2D eigenvalue weighted by molar-refractivity contribution is -0.128. The van der Waals surface area contributed by atoms with E-state index < -0.39 is 15.4 Å². The van der Waals surface area contributed by atoms with Crippen LogP contribution in [-0.4, -0.2) is 38.0 Å². The molecule has 0 fully saturated rings. The van der Waals surface area contributed by atoms with Crippen LogP contribution < -0.4 is 5.73 Å². The molecule has 27 heavy (non-hydrogen) atoms. The Hall–Kier alpha value is -2.67. The van der Waals surface area contributed by atoms with Gasteiger partial charge in [0.2, 0.25) is 5.91 Å². The molecule has 1 atom stereocenters. The molecule has 7 heteroatoms. The van der Waals surface area contributed by atoms with Gasteiger partial charge in [-0.3, -0.25) is 9.69 Å². The summed E-state index contributed by atoms with van der Waals surface area (Å²) >= 11 is 0. The first-order valence-electron chi connectivity index (χ1n) is 8.72. The third kappa shape index (κ3) is 3.60. The number of hydrogen-bond acceptors (Lipinski definition) is 5. The van der Waals surface area contributed by atoms with Crippen molar-refractivity contribution in [2.75, 3.05) is 12.8 Å². The van der Waals surface area contributed by atoms with Crippen LogP contribution in [0.2, 0.25) is 0 Å². The van der Waals surface area contributed by atoms with Gasteiger partial charge in [-0.1, -0.05) is 37.3 Å². The Bertz CT molecular complexity index is 1010. The molecule has 1 aliphatic heterocycles. The summed E-state index contributed by atoms with van der Waals surface area (Å²) in [6, 6.07) is 14.6. The molecule has 2 aromatic carbocycles. The molecule has 6 nitrogen and oxygen atoms in total. The fraction of sp³-hybridized carbons (Fsp3) is 0.300. The van der Waals surface area contributed by atoms with E-state index in [1.54, 1.807) is 38.2 Å². The van der Waals surface area contributed by atoms with Crippen molar-refractivity contribution in [3.63, 3.8) is 0 Å². The summed E-state index contributed by atoms with van der Waals surface area (Å²) in [5.74, 6) is 0.194. The van der Waals surface area contributed by atoms with E-state index in [-0.39, 0.29) is 24.0 Å². The van der Waals surface area contributed by atoms with E-state index >= 15 is 0 Å². The van der Waals surface area contributed by atoms with Crippen LogP contribution in [0.15, 0.2) is 58.4 Å². The highest BCUT2D eigenvalue weighted by molar-refractivity contribution is 7.91. The van der Waals surface area contributed by atoms with Gasteiger partial charge in [0, 0.05) is 7.05 Å². The second-order valence-electron chi connectivity index (χ2n) is 6.88. The Morgan fingerprint density at radius 3 is 2.41 bits per heavy atom. The molecule has 0 saturated heterocycles. The summed E-state index contributed by atoms with van der Waals surface area (Å²) in [4.78, 5) is 18.4. The highest BCUT2D eigenvalue weighted by Gasteiger charge is 2.36. The number of carbonyl (C=O) groups is 1. The quantitative estimate of drug-likeness (QED) is 0.875. The molecule has 2 N–H and O–H groups in total. The second kappa shape index (κ2) is 6.81. The SMILES string of the molecule is CCS(=O)(=O)c1ccc(-c2cccc(C3(C)CC(=O)N(C)C(N)=N3)c2)cc1. The van der Waals surface area contributed by atoms with E-state index in [2.05, 4.69) is 4.99 Å². The first-order valence-corrected chi connectivity index (χ1v) is 10.4. The predicted molar refractivity (Wildman–Crippen MR) is 106 cm³/mol. The lowest BCUT2D eigenvalue weighted by atomic mass is 9.86. The van der Waals surface area contributed by atoms with Gasteiger partial charge in [0.1, 0.15) is 0 Å². The number of amides is 1. The van der Waals surface area contributed by atoms with Crippen LogP contribution in [0.4, 0.5) is 0 Å². The van der Waals surface area contributed by atoms with Crippen molar-refractivity contribution in [1.82, 2.24) is 4.90 Å². The maximum Gasteiger partial charge on any atom is 0.231 e. The molecule has 0 radical (unpaired) electrons. The van der Waals surface area contributed by atoms with E-state index in [9.17, 15) is 13.2 Å². The van der Waals surface area contributed by atoms with Crippen LogP contribution >= 0.6 is 0 Å². The van der Waals surface area contributed by atoms with Gasteiger partial charge in [-0.2, -0.15) is 0 Å². The van der Waals surface area contributed by atoms with E-state index in [0.29, 0.717) is 4.90 Å². The smallest absolute Gasteiger partial charge is 0.231 e. The molecular weight excluding hydrogens is 362 g/mol. The number of sulfone groups is 1. The summed E-state index contributed by atoms with van der Waals surface area (Å²) in [5.41, 5.74) is 7.88. The van der Waals surface area contributed by atoms with Crippen LogP contribution in [-0.2, 0) is 20.2 Å². The fourth-order valence-corrected chi connectivity index (χ4v) is 4.01. The van der Waals surface area contributed by atoms with Gasteiger partial charge in [-0.25, -0.2) is 13.4 Å². The molecular formula is C20H23N3O3S. The zero-order valence-electron chi connectivity index (χ0n) is 15.6. The van der Waals surface area contributed by atoms with E-state index in [4.69, 9.17) is 5.73 Å². The van der Waals surface area contributed by atoms with Crippen LogP contribution in [0.3, 0.4) is 0 Å². The standard InChI is InChI=1S/C20H23N3O3S/c1-4-27(25,26)17-10-8-14(9-11-17)15-6-5-7-16(12-15)20(2)13-18(24)23(3)19(21)22-20/h5-12H,4,13H2,1-3H3,(H2,21,22). The van der Waals surface area contributed by atoms with E-state index in [1.807, 2.05) is 31.2 Å². The van der Waals surface area contributed by atoms with Crippen molar-refractivity contribution in [2.45, 2.75) is 30.7 Å². The zero-order valence-corrected chi connectivity index (χ0v) is 16.5. The van der Waals surface area contributed by atoms with Crippen molar-refractivity contribution < 1.29 is 13.2 Å². The molecule has 142 valence electrons. The van der Waals surface area contributed by atoms with E-state index in [1.165, 1.54) is 4.90 Å². The monoisotopic (exact) mass is 385 g/mol. The number of guanidine groups is 1. The summed E-state index contributed by atoms with van der Waals surface area (Å²) in [6.07, 6.45) is 0.237. The molecule has 1 amide bonds. The molecule has 0 aliphatic carbocycles. The lowest BCUT2D eigenvalue weighted by Crippen LogP contribution is -2.47. The van der Waals surface area contributed by atoms with Gasteiger partial charge in [-0.15, -0.1) is 0 Å². The van der Waals surface area contributed by atoms with Gasteiger partial charge in [0.15, 0.2) is 15.8 Å². The second-order valence-corrected chi connectivity index (χ2v) is 9.16. The summed E-state index contributed by atoms with van der Waals surface area (Å²) in [7, 11) is -1.61. The number of hydrogen-bond donors (Lipinski definition) is 1. The third-order valence-corrected chi connectivity index (χ3v) is 6.74. The molecule has 0 aromatic heterocycles. The Morgan fingerprint density at radius 2 is 1.81 bits per heavy atom. The van der Waals surface area contributed by atoms with Crippen molar-refractivity contribution in [3.8, 4) is 11.1 Å². The summed E-state index contributed by atoms with van der Waals surface area (Å²) in [6.45, 7) is 3.52. The number of aliphatic imine (C=N–C) groups is 1. The first kappa shape index (κ1) is 19.1. The van der Waals surface area contributed by atoms with Crippen molar-refractivity contribution in [1.29, 1.82) is 0 Å². The molecule has 0 spiro atoms. The third-order valence-electron chi connectivity index (χ3n) is 4.99. The van der Waals surface area contributed by atoms with Gasteiger partial charge in [0.05, 0.1) is 22.6 Å². The number of nitrogens with two attached hydrogens (primary N) is 1. The molecule has 3 rings (SSSR count). The van der Waals surface area contributed by atoms with Gasteiger partial charge in [-0.05, 0) is 41.8 Å². The first-order chi connectivity index (χ1) is 12.7. The number of nitrogens with zero attached hydrogens (tertiary/aromatic N) is 2. The molecule has 1 aliphatic rings. The fourth-order valence-electron chi connectivity index (χ4n) is 3.13. The van der Waals surface area contributed by atoms with Crippen LogP contribution in [0, 0.1) is 0 Å². The topological polar surface area (TPSA) is 92.8 Å². The Balaban J connectivity index is 1.98. The largest absolute Gasteiger partial charge is 0.369 e. The molecule has 0 saturated carbocycles. The maximum absolute atomic E-state index is 12.2. The van der Waals surface area contributed by atoms with Crippen LogP contribution in [0.5, 0.6) is 0 Å². The van der Waals surface area contributed by atoms with Crippen LogP contribution in [0.1, 0.15) is 25.8 Å². The minimum Gasteiger partial charge on any atom is -0.369 e. The number of rotatable bonds is 4. The lowest BCUT2D eigenvalue weighted by Gasteiger charge is -2.33. The van der Waals surface area contributed by atoms with Crippen LogP contribution in [0.25, 0.3) is 11.1 Å². The molecule has 2 aromatic rings. The maximum atomic E-state index is 12.2. The summed E-state index contributed by atoms with van der Waals surface area (Å²) in [5, 5.41) is 0. The minimum absolute atomic E-state index is 0.0715. The normalized spacial score (nSPS) is 20.5. The van der Waals surface area contributed by atoms with Gasteiger partial charge < -0.3 is 5.73 Å².